The van der Waals surface area contributed by atoms with Gasteiger partial charge in [0.1, 0.15) is 18.7 Å². The molecule has 0 aliphatic rings. The van der Waals surface area contributed by atoms with Gasteiger partial charge in [-0.1, -0.05) is 41.9 Å². The Morgan fingerprint density at radius 3 is 2.69 bits per heavy atom. The molecule has 6 nitrogen and oxygen atoms in total. The van der Waals surface area contributed by atoms with Crippen molar-refractivity contribution in [3.05, 3.63) is 93.4 Å². The molecule has 0 unspecified atom stereocenters. The number of amides is 1. The molecule has 0 aliphatic carbocycles. The minimum atomic E-state index is -0.245. The summed E-state index contributed by atoms with van der Waals surface area (Å²) in [5, 5.41) is 9.62. The lowest BCUT2D eigenvalue weighted by Gasteiger charge is -2.03. The van der Waals surface area contributed by atoms with Gasteiger partial charge < -0.3 is 4.74 Å². The molecule has 0 saturated carbocycles. The van der Waals surface area contributed by atoms with Crippen LogP contribution in [0.1, 0.15) is 20.8 Å². The highest BCUT2D eigenvalue weighted by Crippen LogP contribution is 2.19. The van der Waals surface area contributed by atoms with Crippen LogP contribution in [0, 0.1) is 0 Å². The Kier molecular flexibility index (Phi) is 5.88. The maximum Gasteiger partial charge on any atom is 0.268 e. The molecule has 1 amide bonds. The van der Waals surface area contributed by atoms with Crippen LogP contribution < -0.4 is 10.1 Å². The van der Waals surface area contributed by atoms with Crippen LogP contribution in [0.5, 0.6) is 5.75 Å². The molecule has 4 rings (SSSR count). The first-order chi connectivity index (χ1) is 14.2. The summed E-state index contributed by atoms with van der Waals surface area (Å²) in [6, 6.07) is 18.9. The molecule has 1 N–H and O–H groups in total. The van der Waals surface area contributed by atoms with Crippen molar-refractivity contribution in [1.82, 2.24) is 14.8 Å². The number of carbonyl (C=O) groups is 1. The molecule has 0 radical (unpaired) electrons. The molecule has 0 atom stereocenters. The van der Waals surface area contributed by atoms with Crippen molar-refractivity contribution < 1.29 is 9.53 Å². The molecule has 0 spiro atoms. The number of aromatic nitrogens is 3. The summed E-state index contributed by atoms with van der Waals surface area (Å²) in [7, 11) is 0. The molecule has 8 heteroatoms. The van der Waals surface area contributed by atoms with E-state index in [2.05, 4.69) is 15.4 Å². The smallest absolute Gasteiger partial charge is 0.268 e. The fourth-order valence-electron chi connectivity index (χ4n) is 2.62. The maximum absolute atomic E-state index is 12.5. The maximum atomic E-state index is 12.5. The Labute approximate surface area is 176 Å². The van der Waals surface area contributed by atoms with Crippen LogP contribution in [0.2, 0.25) is 5.02 Å². The van der Waals surface area contributed by atoms with E-state index in [9.17, 15) is 4.79 Å². The van der Waals surface area contributed by atoms with Crippen LogP contribution in [-0.2, 0) is 13.2 Å². The number of carbonyl (C=O) groups excluding carboxylic acids is 1. The molecule has 0 bridgehead atoms. The monoisotopic (exact) mass is 424 g/mol. The minimum Gasteiger partial charge on any atom is -0.489 e. The van der Waals surface area contributed by atoms with Crippen LogP contribution >= 0.6 is 22.9 Å². The van der Waals surface area contributed by atoms with E-state index in [1.165, 1.54) is 11.3 Å². The summed E-state index contributed by atoms with van der Waals surface area (Å²) in [4.78, 5) is 17.2. The van der Waals surface area contributed by atoms with Gasteiger partial charge >= 0.3 is 0 Å². The van der Waals surface area contributed by atoms with Crippen LogP contribution in [0.4, 0.5) is 5.95 Å². The van der Waals surface area contributed by atoms with Crippen LogP contribution in [-0.4, -0.2) is 20.7 Å². The first kappa shape index (κ1) is 19.2. The SMILES string of the molecule is O=C(Nc1ncn(Cc2ccc(Cl)cc2)n1)c1cc(COc2ccccc2)cs1. The van der Waals surface area contributed by atoms with Gasteiger partial charge in [-0.25, -0.2) is 9.67 Å². The zero-order chi connectivity index (χ0) is 20.1. The van der Waals surface area contributed by atoms with Crippen molar-refractivity contribution in [2.24, 2.45) is 0 Å². The van der Waals surface area contributed by atoms with E-state index < -0.39 is 0 Å². The Morgan fingerprint density at radius 1 is 1.10 bits per heavy atom. The molecule has 2 heterocycles. The van der Waals surface area contributed by atoms with E-state index in [1.807, 2.05) is 66.0 Å². The zero-order valence-corrected chi connectivity index (χ0v) is 16.9. The van der Waals surface area contributed by atoms with Crippen molar-refractivity contribution in [3.63, 3.8) is 0 Å². The average molecular weight is 425 g/mol. The summed E-state index contributed by atoms with van der Waals surface area (Å²) in [5.41, 5.74) is 1.98. The summed E-state index contributed by atoms with van der Waals surface area (Å²) in [6.45, 7) is 0.946. The fraction of sp³-hybridized carbons (Fsp3) is 0.0952. The van der Waals surface area contributed by atoms with E-state index >= 15 is 0 Å². The third-order valence-electron chi connectivity index (χ3n) is 4.05. The van der Waals surface area contributed by atoms with E-state index in [-0.39, 0.29) is 11.9 Å². The molecule has 146 valence electrons. The number of hydrogen-bond acceptors (Lipinski definition) is 5. The lowest BCUT2D eigenvalue weighted by molar-refractivity contribution is 0.102. The van der Waals surface area contributed by atoms with Crippen LogP contribution in [0.3, 0.4) is 0 Å². The molecule has 0 fully saturated rings. The Morgan fingerprint density at radius 2 is 1.90 bits per heavy atom. The van der Waals surface area contributed by atoms with Gasteiger partial charge in [-0.15, -0.1) is 16.4 Å². The molecule has 0 aliphatic heterocycles. The highest BCUT2D eigenvalue weighted by atomic mass is 35.5. The number of nitrogens with zero attached hydrogens (tertiary/aromatic N) is 3. The number of hydrogen-bond donors (Lipinski definition) is 1. The molecule has 2 aromatic heterocycles. The molecule has 2 aromatic carbocycles. The van der Waals surface area contributed by atoms with Gasteiger partial charge in [-0.3, -0.25) is 10.1 Å². The number of thiophene rings is 1. The Balaban J connectivity index is 1.33. The van der Waals surface area contributed by atoms with E-state index in [0.29, 0.717) is 23.1 Å². The van der Waals surface area contributed by atoms with Crippen molar-refractivity contribution in [3.8, 4) is 5.75 Å². The van der Waals surface area contributed by atoms with Crippen molar-refractivity contribution in [2.75, 3.05) is 5.32 Å². The summed E-state index contributed by atoms with van der Waals surface area (Å²) >= 11 is 7.25. The van der Waals surface area contributed by atoms with Crippen molar-refractivity contribution >= 4 is 34.8 Å². The second-order valence-corrected chi connectivity index (χ2v) is 7.61. The van der Waals surface area contributed by atoms with E-state index in [4.69, 9.17) is 16.3 Å². The minimum absolute atomic E-state index is 0.245. The third kappa shape index (κ3) is 5.22. The predicted molar refractivity (Wildman–Crippen MR) is 114 cm³/mol. The van der Waals surface area contributed by atoms with Crippen molar-refractivity contribution in [2.45, 2.75) is 13.2 Å². The van der Waals surface area contributed by atoms with Gasteiger partial charge in [0.2, 0.25) is 5.95 Å². The summed E-state index contributed by atoms with van der Waals surface area (Å²) < 4.78 is 7.37. The van der Waals surface area contributed by atoms with Gasteiger partial charge in [0.25, 0.3) is 5.91 Å². The number of benzene rings is 2. The number of ether oxygens (including phenoxy) is 1. The van der Waals surface area contributed by atoms with Gasteiger partial charge in [0.05, 0.1) is 11.4 Å². The second kappa shape index (κ2) is 8.89. The van der Waals surface area contributed by atoms with E-state index in [1.54, 1.807) is 11.0 Å². The van der Waals surface area contributed by atoms with Crippen LogP contribution in [0.25, 0.3) is 0 Å². The Bertz CT molecular complexity index is 1090. The van der Waals surface area contributed by atoms with Gasteiger partial charge in [0, 0.05) is 10.6 Å². The topological polar surface area (TPSA) is 69.0 Å². The number of halogens is 1. The normalized spacial score (nSPS) is 10.7. The molecular formula is C21H17ClN4O2S. The molecule has 0 saturated heterocycles. The fourth-order valence-corrected chi connectivity index (χ4v) is 3.54. The van der Waals surface area contributed by atoms with Gasteiger partial charge in [-0.2, -0.15) is 0 Å². The lowest BCUT2D eigenvalue weighted by atomic mass is 10.2. The standard InChI is InChI=1S/C21H17ClN4O2S/c22-17-8-6-15(7-9-17)11-26-14-23-21(25-26)24-20(27)19-10-16(13-29-19)12-28-18-4-2-1-3-5-18/h1-10,13-14H,11-12H2,(H,24,25,27). The highest BCUT2D eigenvalue weighted by molar-refractivity contribution is 7.12. The number of anilines is 1. The molecule has 4 aromatic rings. The summed E-state index contributed by atoms with van der Waals surface area (Å²) in [5.74, 6) is 0.810. The number of nitrogens with one attached hydrogen (secondary N) is 1. The average Bonchev–Trinajstić information content (AvgIpc) is 3.39. The Hall–Kier alpha value is -3.16. The van der Waals surface area contributed by atoms with E-state index in [0.717, 1.165) is 16.9 Å². The first-order valence-electron chi connectivity index (χ1n) is 8.86. The lowest BCUT2D eigenvalue weighted by Crippen LogP contribution is -2.12. The largest absolute Gasteiger partial charge is 0.489 e. The third-order valence-corrected chi connectivity index (χ3v) is 5.28. The second-order valence-electron chi connectivity index (χ2n) is 6.27. The predicted octanol–water partition coefficient (Wildman–Crippen LogP) is 4.87. The van der Waals surface area contributed by atoms with Crippen molar-refractivity contribution in [1.29, 1.82) is 0 Å². The molecule has 29 heavy (non-hydrogen) atoms. The van der Waals surface area contributed by atoms with Gasteiger partial charge in [0.15, 0.2) is 0 Å². The summed E-state index contributed by atoms with van der Waals surface area (Å²) in [6.07, 6.45) is 1.58. The number of para-hydroxylation sites is 1. The highest BCUT2D eigenvalue weighted by Gasteiger charge is 2.12. The van der Waals surface area contributed by atoms with Crippen LogP contribution in [0.15, 0.2) is 72.4 Å². The van der Waals surface area contributed by atoms with Gasteiger partial charge in [-0.05, 0) is 41.3 Å². The number of rotatable bonds is 7. The zero-order valence-electron chi connectivity index (χ0n) is 15.3. The molecular weight excluding hydrogens is 408 g/mol. The quantitative estimate of drug-likeness (QED) is 0.459. The first-order valence-corrected chi connectivity index (χ1v) is 10.1.